The largest absolute Gasteiger partial charge is 0.496 e. The first-order chi connectivity index (χ1) is 16.5. The normalized spacial score (nSPS) is 10.7. The molecule has 0 unspecified atom stereocenters. The van der Waals surface area contributed by atoms with Gasteiger partial charge in [-0.2, -0.15) is 0 Å². The van der Waals surface area contributed by atoms with E-state index in [1.165, 1.54) is 11.8 Å². The molecule has 0 spiro atoms. The first-order valence-corrected chi connectivity index (χ1v) is 11.8. The van der Waals surface area contributed by atoms with Crippen molar-refractivity contribution in [2.75, 3.05) is 27.0 Å². The molecule has 1 amide bonds. The minimum absolute atomic E-state index is 0.0203. The lowest BCUT2D eigenvalue weighted by Crippen LogP contribution is -2.23. The molecule has 0 aliphatic carbocycles. The molecule has 0 saturated carbocycles. The van der Waals surface area contributed by atoms with Gasteiger partial charge in [-0.25, -0.2) is 0 Å². The summed E-state index contributed by atoms with van der Waals surface area (Å²) in [5.74, 6) is 2.82. The lowest BCUT2D eigenvalue weighted by Gasteiger charge is -2.14. The summed E-state index contributed by atoms with van der Waals surface area (Å²) in [5.41, 5.74) is 1.50. The zero-order valence-electron chi connectivity index (χ0n) is 18.9. The summed E-state index contributed by atoms with van der Waals surface area (Å²) in [6, 6.07) is 22.5. The van der Waals surface area contributed by atoms with Gasteiger partial charge < -0.3 is 14.4 Å². The Morgan fingerprint density at radius 2 is 1.71 bits per heavy atom. The lowest BCUT2D eigenvalue weighted by molar-refractivity contribution is -0.125. The second-order valence-corrected chi connectivity index (χ2v) is 8.85. The topological polar surface area (TPSA) is 69.5 Å². The van der Waals surface area contributed by atoms with Crippen LogP contribution in [0.5, 0.6) is 17.2 Å². The molecule has 0 fully saturated rings. The van der Waals surface area contributed by atoms with Crippen molar-refractivity contribution in [1.29, 1.82) is 0 Å². The van der Waals surface area contributed by atoms with Gasteiger partial charge in [-0.05, 0) is 54.6 Å². The fraction of sp³-hybridized carbons (Fsp3) is 0.160. The summed E-state index contributed by atoms with van der Waals surface area (Å²) in [7, 11) is 5.04. The van der Waals surface area contributed by atoms with E-state index < -0.39 is 0 Å². The van der Waals surface area contributed by atoms with Crippen LogP contribution in [0.15, 0.2) is 78.0 Å². The number of rotatable bonds is 8. The number of amides is 1. The molecule has 0 bridgehead atoms. The van der Waals surface area contributed by atoms with Gasteiger partial charge in [0, 0.05) is 19.1 Å². The number of para-hydroxylation sites is 1. The zero-order valence-corrected chi connectivity index (χ0v) is 20.5. The van der Waals surface area contributed by atoms with Gasteiger partial charge in [0.2, 0.25) is 5.91 Å². The van der Waals surface area contributed by atoms with E-state index >= 15 is 0 Å². The SMILES string of the molecule is COc1ccc(Cl)cc1-c1nnc(SCC(=O)N(C)C)n1-c1ccc(Oc2ccccc2)cc1. The molecule has 0 radical (unpaired) electrons. The van der Waals surface area contributed by atoms with Gasteiger partial charge in [-0.1, -0.05) is 41.6 Å². The molecular formula is C25H23ClN4O3S. The smallest absolute Gasteiger partial charge is 0.232 e. The number of methoxy groups -OCH3 is 1. The summed E-state index contributed by atoms with van der Waals surface area (Å²) in [6.07, 6.45) is 0. The highest BCUT2D eigenvalue weighted by atomic mass is 35.5. The Kier molecular flexibility index (Phi) is 7.40. The van der Waals surface area contributed by atoms with Crippen molar-refractivity contribution in [3.63, 3.8) is 0 Å². The van der Waals surface area contributed by atoms with Crippen LogP contribution in [0, 0.1) is 0 Å². The van der Waals surface area contributed by atoms with Gasteiger partial charge in [0.1, 0.15) is 17.2 Å². The van der Waals surface area contributed by atoms with Gasteiger partial charge in [-0.15, -0.1) is 10.2 Å². The Labute approximate surface area is 207 Å². The molecule has 7 nitrogen and oxygen atoms in total. The molecule has 0 aliphatic rings. The van der Waals surface area contributed by atoms with E-state index in [0.29, 0.717) is 33.1 Å². The van der Waals surface area contributed by atoms with Crippen molar-refractivity contribution in [3.05, 3.63) is 77.8 Å². The highest BCUT2D eigenvalue weighted by Gasteiger charge is 2.21. The third-order valence-electron chi connectivity index (χ3n) is 4.93. The molecule has 3 aromatic carbocycles. The van der Waals surface area contributed by atoms with Crippen LogP contribution >= 0.6 is 23.4 Å². The predicted octanol–water partition coefficient (Wildman–Crippen LogP) is 5.57. The average molecular weight is 495 g/mol. The van der Waals surface area contributed by atoms with Crippen molar-refractivity contribution in [3.8, 4) is 34.3 Å². The number of hydrogen-bond acceptors (Lipinski definition) is 6. The maximum Gasteiger partial charge on any atom is 0.232 e. The first kappa shape index (κ1) is 23.7. The number of nitrogens with zero attached hydrogens (tertiary/aromatic N) is 4. The minimum atomic E-state index is -0.0203. The van der Waals surface area contributed by atoms with E-state index in [1.54, 1.807) is 44.3 Å². The van der Waals surface area contributed by atoms with E-state index in [2.05, 4.69) is 10.2 Å². The van der Waals surface area contributed by atoms with E-state index in [0.717, 1.165) is 11.4 Å². The highest BCUT2D eigenvalue weighted by molar-refractivity contribution is 7.99. The Hall–Kier alpha value is -3.49. The maximum absolute atomic E-state index is 12.2. The van der Waals surface area contributed by atoms with E-state index in [1.807, 2.05) is 59.2 Å². The van der Waals surface area contributed by atoms with Crippen LogP contribution in [0.4, 0.5) is 0 Å². The van der Waals surface area contributed by atoms with Gasteiger partial charge in [-0.3, -0.25) is 9.36 Å². The molecule has 0 atom stereocenters. The summed E-state index contributed by atoms with van der Waals surface area (Å²) < 4.78 is 13.3. The number of benzene rings is 3. The number of carbonyl (C=O) groups is 1. The Morgan fingerprint density at radius 1 is 1.00 bits per heavy atom. The van der Waals surface area contributed by atoms with Crippen molar-refractivity contribution >= 4 is 29.3 Å². The van der Waals surface area contributed by atoms with Crippen LogP contribution in [0.25, 0.3) is 17.1 Å². The molecule has 174 valence electrons. The number of halogens is 1. The van der Waals surface area contributed by atoms with Crippen LogP contribution < -0.4 is 9.47 Å². The van der Waals surface area contributed by atoms with Gasteiger partial charge in [0.25, 0.3) is 0 Å². The monoisotopic (exact) mass is 494 g/mol. The molecule has 4 rings (SSSR count). The third kappa shape index (κ3) is 5.35. The molecular weight excluding hydrogens is 472 g/mol. The van der Waals surface area contributed by atoms with Gasteiger partial charge >= 0.3 is 0 Å². The Bertz CT molecular complexity index is 1280. The number of thioether (sulfide) groups is 1. The van der Waals surface area contributed by atoms with Crippen LogP contribution in [-0.4, -0.2) is 52.5 Å². The lowest BCUT2D eigenvalue weighted by atomic mass is 10.2. The van der Waals surface area contributed by atoms with Gasteiger partial charge in [0.15, 0.2) is 11.0 Å². The zero-order chi connectivity index (χ0) is 24.1. The molecule has 1 aromatic heterocycles. The van der Waals surface area contributed by atoms with Crippen LogP contribution in [-0.2, 0) is 4.79 Å². The molecule has 4 aromatic rings. The van der Waals surface area contributed by atoms with Crippen molar-refractivity contribution in [1.82, 2.24) is 19.7 Å². The fourth-order valence-corrected chi connectivity index (χ4v) is 4.27. The first-order valence-electron chi connectivity index (χ1n) is 10.4. The quantitative estimate of drug-likeness (QED) is 0.298. The Morgan fingerprint density at radius 3 is 2.38 bits per heavy atom. The van der Waals surface area contributed by atoms with Crippen LogP contribution in [0.2, 0.25) is 5.02 Å². The maximum atomic E-state index is 12.2. The second-order valence-electron chi connectivity index (χ2n) is 7.47. The molecule has 0 N–H and O–H groups in total. The Balaban J connectivity index is 1.73. The average Bonchev–Trinajstić information content (AvgIpc) is 3.27. The van der Waals surface area contributed by atoms with Crippen LogP contribution in [0.1, 0.15) is 0 Å². The molecule has 34 heavy (non-hydrogen) atoms. The molecule has 9 heteroatoms. The van der Waals surface area contributed by atoms with Crippen molar-refractivity contribution in [2.45, 2.75) is 5.16 Å². The molecule has 1 heterocycles. The standard InChI is InChI=1S/C25H23ClN4O3S/c1-29(2)23(31)16-34-25-28-27-24(21-15-17(26)9-14-22(21)32-3)30(25)18-10-12-20(13-11-18)33-19-7-5-4-6-8-19/h4-15H,16H2,1-3H3. The van der Waals surface area contributed by atoms with E-state index in [4.69, 9.17) is 21.1 Å². The van der Waals surface area contributed by atoms with E-state index in [9.17, 15) is 4.79 Å². The second kappa shape index (κ2) is 10.6. The summed E-state index contributed by atoms with van der Waals surface area (Å²) in [6.45, 7) is 0. The van der Waals surface area contributed by atoms with Crippen molar-refractivity contribution in [2.24, 2.45) is 0 Å². The number of ether oxygens (including phenoxy) is 2. The molecule has 0 saturated heterocycles. The number of hydrogen-bond donors (Lipinski definition) is 0. The van der Waals surface area contributed by atoms with Crippen molar-refractivity contribution < 1.29 is 14.3 Å². The van der Waals surface area contributed by atoms with Crippen LogP contribution in [0.3, 0.4) is 0 Å². The summed E-state index contributed by atoms with van der Waals surface area (Å²) in [5, 5.41) is 9.92. The summed E-state index contributed by atoms with van der Waals surface area (Å²) in [4.78, 5) is 13.7. The van der Waals surface area contributed by atoms with E-state index in [-0.39, 0.29) is 11.7 Å². The predicted molar refractivity (Wildman–Crippen MR) is 134 cm³/mol. The molecule has 0 aliphatic heterocycles. The number of aromatic nitrogens is 3. The highest BCUT2D eigenvalue weighted by Crippen LogP contribution is 2.35. The fourth-order valence-electron chi connectivity index (χ4n) is 3.17. The van der Waals surface area contributed by atoms with Gasteiger partial charge in [0.05, 0.1) is 24.1 Å². The number of carbonyl (C=O) groups excluding carboxylic acids is 1. The summed E-state index contributed by atoms with van der Waals surface area (Å²) >= 11 is 7.59. The minimum Gasteiger partial charge on any atom is -0.496 e. The third-order valence-corrected chi connectivity index (χ3v) is 6.08.